The third-order valence-electron chi connectivity index (χ3n) is 9.55. The molecule has 0 heterocycles. The van der Waals surface area contributed by atoms with E-state index in [1.807, 2.05) is 0 Å². The van der Waals surface area contributed by atoms with Crippen molar-refractivity contribution in [3.63, 3.8) is 0 Å². The molecule has 0 nitrogen and oxygen atoms in total. The highest BCUT2D eigenvalue weighted by atomic mass is 14.6. The highest BCUT2D eigenvalue weighted by Crippen LogP contribution is 2.69. The van der Waals surface area contributed by atoms with Gasteiger partial charge in [0.05, 0.1) is 0 Å². The van der Waals surface area contributed by atoms with Crippen LogP contribution >= 0.6 is 0 Å². The largest absolute Gasteiger partial charge is 0.0596 e. The highest BCUT2D eigenvalue weighted by molar-refractivity contribution is 5.09. The standard InChI is InChI=1S/C13H22.C12H20/c1-11-4-10-5-12(2,7-11)9-13(3,6-10)8-11;1-11-4-9-3-10(5-11)7-12(2,6-9)8-11/h10H,4-9H2,1-3H3;9-10H,3-8H2,1-2H3. The van der Waals surface area contributed by atoms with E-state index in [0.29, 0.717) is 0 Å². The second-order valence-corrected chi connectivity index (χ2v) is 14.0. The molecule has 25 heavy (non-hydrogen) atoms. The van der Waals surface area contributed by atoms with Gasteiger partial charge < -0.3 is 0 Å². The van der Waals surface area contributed by atoms with Crippen molar-refractivity contribution < 1.29 is 0 Å². The van der Waals surface area contributed by atoms with Crippen LogP contribution in [0.4, 0.5) is 0 Å². The molecule has 0 saturated heterocycles. The summed E-state index contributed by atoms with van der Waals surface area (Å²) in [6, 6.07) is 0. The molecular formula is C25H42. The maximum Gasteiger partial charge on any atom is -0.0313 e. The van der Waals surface area contributed by atoms with Gasteiger partial charge in [-0.1, -0.05) is 34.6 Å². The fourth-order valence-corrected chi connectivity index (χ4v) is 11.2. The number of hydrogen-bond acceptors (Lipinski definition) is 0. The van der Waals surface area contributed by atoms with Crippen molar-refractivity contribution in [2.75, 3.05) is 0 Å². The Morgan fingerprint density at radius 3 is 0.960 bits per heavy atom. The van der Waals surface area contributed by atoms with E-state index in [0.717, 1.165) is 44.8 Å². The summed E-state index contributed by atoms with van der Waals surface area (Å²) in [7, 11) is 0. The van der Waals surface area contributed by atoms with Crippen LogP contribution in [-0.2, 0) is 0 Å². The lowest BCUT2D eigenvalue weighted by Crippen LogP contribution is -2.53. The molecule has 0 aromatic heterocycles. The molecule has 0 aromatic carbocycles. The van der Waals surface area contributed by atoms with E-state index in [4.69, 9.17) is 0 Å². The summed E-state index contributed by atoms with van der Waals surface area (Å²) >= 11 is 0. The minimum absolute atomic E-state index is 0.725. The monoisotopic (exact) mass is 342 g/mol. The fraction of sp³-hybridized carbons (Fsp3) is 1.00. The van der Waals surface area contributed by atoms with Crippen LogP contribution in [0, 0.1) is 44.8 Å². The third-order valence-corrected chi connectivity index (χ3v) is 9.55. The lowest BCUT2D eigenvalue weighted by molar-refractivity contribution is -0.136. The Balaban J connectivity index is 0.000000112. The Morgan fingerprint density at radius 1 is 0.400 bits per heavy atom. The molecule has 0 aromatic rings. The van der Waals surface area contributed by atoms with Crippen LogP contribution in [0.1, 0.15) is 112 Å². The zero-order valence-corrected chi connectivity index (χ0v) is 17.7. The molecule has 8 aliphatic rings. The predicted molar refractivity (Wildman–Crippen MR) is 106 cm³/mol. The SMILES string of the molecule is CC12CC3CC(C)(C1)CC(C)(C3)C2.CC12CC3CC(C1)CC(C)(C3)C2. The van der Waals surface area contributed by atoms with Crippen molar-refractivity contribution in [3.05, 3.63) is 0 Å². The van der Waals surface area contributed by atoms with E-state index in [9.17, 15) is 0 Å². The smallest absolute Gasteiger partial charge is 0.0313 e. The van der Waals surface area contributed by atoms with Crippen LogP contribution in [0.2, 0.25) is 0 Å². The minimum Gasteiger partial charge on any atom is -0.0596 e. The first-order chi connectivity index (χ1) is 11.5. The Labute approximate surface area is 156 Å². The van der Waals surface area contributed by atoms with Gasteiger partial charge in [-0.25, -0.2) is 0 Å². The van der Waals surface area contributed by atoms with Gasteiger partial charge in [0.15, 0.2) is 0 Å². The lowest BCUT2D eigenvalue weighted by atomic mass is 9.41. The molecule has 0 aliphatic heterocycles. The first kappa shape index (κ1) is 17.1. The normalized spacial score (nSPS) is 63.5. The molecular weight excluding hydrogens is 300 g/mol. The molecule has 0 spiro atoms. The minimum atomic E-state index is 0.725. The first-order valence-corrected chi connectivity index (χ1v) is 11.5. The number of hydrogen-bond donors (Lipinski definition) is 0. The second-order valence-electron chi connectivity index (χ2n) is 14.0. The van der Waals surface area contributed by atoms with Crippen molar-refractivity contribution >= 4 is 0 Å². The first-order valence-electron chi connectivity index (χ1n) is 11.5. The molecule has 0 atom stereocenters. The van der Waals surface area contributed by atoms with E-state index in [-0.39, 0.29) is 0 Å². The molecule has 0 amide bonds. The zero-order valence-electron chi connectivity index (χ0n) is 17.7. The van der Waals surface area contributed by atoms with E-state index >= 15 is 0 Å². The summed E-state index contributed by atoms with van der Waals surface area (Å²) in [5, 5.41) is 0. The highest BCUT2D eigenvalue weighted by Gasteiger charge is 2.58. The van der Waals surface area contributed by atoms with Crippen molar-refractivity contribution in [1.29, 1.82) is 0 Å². The zero-order chi connectivity index (χ0) is 17.7. The van der Waals surface area contributed by atoms with Crippen LogP contribution in [0.25, 0.3) is 0 Å². The Hall–Kier alpha value is 0. The van der Waals surface area contributed by atoms with Crippen LogP contribution in [0.15, 0.2) is 0 Å². The van der Waals surface area contributed by atoms with Gasteiger partial charge in [0, 0.05) is 0 Å². The van der Waals surface area contributed by atoms with Gasteiger partial charge in [-0.05, 0) is 122 Å². The molecule has 0 unspecified atom stereocenters. The summed E-state index contributed by atoms with van der Waals surface area (Å²) in [5.74, 6) is 3.30. The Kier molecular flexibility index (Phi) is 3.34. The molecule has 8 fully saturated rings. The fourth-order valence-electron chi connectivity index (χ4n) is 11.2. The average Bonchev–Trinajstić information content (AvgIpc) is 2.27. The maximum absolute atomic E-state index is 2.55. The van der Waals surface area contributed by atoms with Gasteiger partial charge >= 0.3 is 0 Å². The second kappa shape index (κ2) is 4.88. The van der Waals surface area contributed by atoms with Crippen molar-refractivity contribution in [2.45, 2.75) is 112 Å². The van der Waals surface area contributed by atoms with Crippen LogP contribution in [0.3, 0.4) is 0 Å². The van der Waals surface area contributed by atoms with Crippen LogP contribution in [-0.4, -0.2) is 0 Å². The van der Waals surface area contributed by atoms with Crippen molar-refractivity contribution in [3.8, 4) is 0 Å². The third kappa shape index (κ3) is 2.93. The van der Waals surface area contributed by atoms with E-state index < -0.39 is 0 Å². The van der Waals surface area contributed by atoms with E-state index in [2.05, 4.69) is 34.6 Å². The summed E-state index contributed by atoms with van der Waals surface area (Å²) in [6.45, 7) is 12.7. The Morgan fingerprint density at radius 2 is 0.680 bits per heavy atom. The molecule has 8 aliphatic carbocycles. The van der Waals surface area contributed by atoms with E-state index in [1.54, 1.807) is 32.1 Å². The molecule has 142 valence electrons. The van der Waals surface area contributed by atoms with Gasteiger partial charge in [0.1, 0.15) is 0 Å². The summed E-state index contributed by atoms with van der Waals surface area (Å²) < 4.78 is 0. The topological polar surface area (TPSA) is 0 Å². The molecule has 0 heteroatoms. The quantitative estimate of drug-likeness (QED) is 0.425. The summed E-state index contributed by atoms with van der Waals surface area (Å²) in [4.78, 5) is 0. The van der Waals surface area contributed by atoms with Crippen LogP contribution in [0.5, 0.6) is 0 Å². The molecule has 8 rings (SSSR count). The van der Waals surface area contributed by atoms with Gasteiger partial charge in [-0.3, -0.25) is 0 Å². The summed E-state index contributed by atoms with van der Waals surface area (Å²) in [6.07, 6.45) is 18.5. The molecule has 8 saturated carbocycles. The van der Waals surface area contributed by atoms with Gasteiger partial charge in [-0.15, -0.1) is 0 Å². The predicted octanol–water partition coefficient (Wildman–Crippen LogP) is 7.62. The average molecular weight is 343 g/mol. The van der Waals surface area contributed by atoms with Crippen molar-refractivity contribution in [2.24, 2.45) is 44.8 Å². The van der Waals surface area contributed by atoms with Gasteiger partial charge in [0.2, 0.25) is 0 Å². The molecule has 0 radical (unpaired) electrons. The van der Waals surface area contributed by atoms with Crippen LogP contribution < -0.4 is 0 Å². The molecule has 0 N–H and O–H groups in total. The van der Waals surface area contributed by atoms with Crippen molar-refractivity contribution in [1.82, 2.24) is 0 Å². The summed E-state index contributed by atoms with van der Waals surface area (Å²) in [5.41, 5.74) is 3.70. The van der Waals surface area contributed by atoms with E-state index in [1.165, 1.54) is 44.9 Å². The maximum atomic E-state index is 2.55. The number of rotatable bonds is 0. The van der Waals surface area contributed by atoms with Gasteiger partial charge in [0.25, 0.3) is 0 Å². The lowest BCUT2D eigenvalue weighted by Gasteiger charge is -2.64. The molecule has 8 bridgehead atoms. The van der Waals surface area contributed by atoms with Gasteiger partial charge in [-0.2, -0.15) is 0 Å². The Bertz CT molecular complexity index is 486.